The van der Waals surface area contributed by atoms with E-state index in [1.807, 2.05) is 60.7 Å². The molecule has 4 heterocycles. The van der Waals surface area contributed by atoms with E-state index in [9.17, 15) is 49.0 Å². The summed E-state index contributed by atoms with van der Waals surface area (Å²) in [5, 5.41) is 26.5. The standard InChI is InChI=1S/C64H70N6O16/c1-7-83-63(75)59-51(31-29-49(65-35-15-16-36-65)43-21-11-9-12-22-43)67(41(3)55(61(73)81-5)57(59)45-25-19-27-47(39-45)69(77)78)85-53(71)33-34-54(72)86-68-42(4)56(62(74)82-6)58(46-26-20-28-48(40-46)70(79)80)60(64(76)84-8-2)52(68)32-30-50(66-37-17-18-38-66)44-23-13-10-14-24-44/h9-14,19-28,33-34,39-40,49-50,57-58H,7-8,15-18,29-32,35-38H2,1-6H3/b34-33+. The van der Waals surface area contributed by atoms with Crippen LogP contribution >= 0.6 is 0 Å². The summed E-state index contributed by atoms with van der Waals surface area (Å²) < 4.78 is 22.0. The molecule has 0 aliphatic carbocycles. The molecule has 22 nitrogen and oxygen atoms in total. The maximum atomic E-state index is 14.6. The van der Waals surface area contributed by atoms with Crippen molar-refractivity contribution in [3.8, 4) is 0 Å². The molecule has 8 rings (SSSR count). The molecule has 4 aromatic rings. The molecule has 4 unspecified atom stereocenters. The van der Waals surface area contributed by atoms with E-state index in [4.69, 9.17) is 28.6 Å². The number of esters is 4. The maximum Gasteiger partial charge on any atom is 0.356 e. The van der Waals surface area contributed by atoms with E-state index < -0.39 is 57.5 Å². The molecule has 0 bridgehead atoms. The summed E-state index contributed by atoms with van der Waals surface area (Å²) in [4.78, 5) is 127. The highest BCUT2D eigenvalue weighted by Gasteiger charge is 2.46. The molecule has 4 aliphatic rings. The Bertz CT molecular complexity index is 3160. The van der Waals surface area contributed by atoms with E-state index in [-0.39, 0.29) is 106 Å². The van der Waals surface area contributed by atoms with Crippen molar-refractivity contribution in [3.63, 3.8) is 0 Å². The fourth-order valence-electron chi connectivity index (χ4n) is 12.0. The molecule has 2 saturated heterocycles. The third-order valence-corrected chi connectivity index (χ3v) is 15.8. The Morgan fingerprint density at radius 1 is 0.523 bits per heavy atom. The summed E-state index contributed by atoms with van der Waals surface area (Å²) in [6, 6.07) is 30.0. The van der Waals surface area contributed by atoms with Crippen LogP contribution in [0.5, 0.6) is 0 Å². The van der Waals surface area contributed by atoms with E-state index in [0.29, 0.717) is 12.8 Å². The van der Waals surface area contributed by atoms with Crippen LogP contribution in [0.4, 0.5) is 11.4 Å². The zero-order chi connectivity index (χ0) is 61.6. The molecule has 4 aromatic carbocycles. The number of benzene rings is 4. The first-order valence-electron chi connectivity index (χ1n) is 28.7. The van der Waals surface area contributed by atoms with Crippen LogP contribution in [0.25, 0.3) is 0 Å². The molecular weight excluding hydrogens is 1110 g/mol. The van der Waals surface area contributed by atoms with Gasteiger partial charge in [0.1, 0.15) is 0 Å². The van der Waals surface area contributed by atoms with Gasteiger partial charge in [-0.1, -0.05) is 84.9 Å². The van der Waals surface area contributed by atoms with Crippen LogP contribution in [0.3, 0.4) is 0 Å². The van der Waals surface area contributed by atoms with Gasteiger partial charge in [0.15, 0.2) is 0 Å². The summed E-state index contributed by atoms with van der Waals surface area (Å²) in [7, 11) is 2.24. The molecule has 0 aromatic heterocycles. The summed E-state index contributed by atoms with van der Waals surface area (Å²) in [6.07, 6.45) is 6.04. The van der Waals surface area contributed by atoms with Crippen LogP contribution in [0.1, 0.15) is 125 Å². The predicted molar refractivity (Wildman–Crippen MR) is 312 cm³/mol. The quantitative estimate of drug-likeness (QED) is 0.0208. The minimum atomic E-state index is -1.33. The zero-order valence-electron chi connectivity index (χ0n) is 49.0. The number of carbonyl (C=O) groups excluding carboxylic acids is 6. The summed E-state index contributed by atoms with van der Waals surface area (Å²) in [5.74, 6) is -8.78. The first-order valence-corrected chi connectivity index (χ1v) is 28.7. The van der Waals surface area contributed by atoms with Gasteiger partial charge < -0.3 is 28.6 Å². The van der Waals surface area contributed by atoms with E-state index in [0.717, 1.165) is 99.5 Å². The number of methoxy groups -OCH3 is 2. The van der Waals surface area contributed by atoms with Crippen LogP contribution in [0, 0.1) is 20.2 Å². The summed E-state index contributed by atoms with van der Waals surface area (Å²) >= 11 is 0. The molecule has 452 valence electrons. The first-order chi connectivity index (χ1) is 41.5. The van der Waals surface area contributed by atoms with Gasteiger partial charge in [-0.2, -0.15) is 10.1 Å². The third-order valence-electron chi connectivity index (χ3n) is 15.8. The largest absolute Gasteiger partial charge is 0.466 e. The molecule has 86 heavy (non-hydrogen) atoms. The highest BCUT2D eigenvalue weighted by molar-refractivity contribution is 6.01. The minimum Gasteiger partial charge on any atom is -0.466 e. The number of non-ortho nitro benzene ring substituents is 2. The average Bonchev–Trinajstić information content (AvgIpc) is 1.26. The van der Waals surface area contributed by atoms with Gasteiger partial charge in [-0.05, 0) is 127 Å². The normalized spacial score (nSPS) is 18.3. The third kappa shape index (κ3) is 14.1. The average molecular weight is 1180 g/mol. The molecule has 2 fully saturated rings. The Hall–Kier alpha value is -9.28. The number of nitro benzene ring substituents is 2. The summed E-state index contributed by atoms with van der Waals surface area (Å²) in [6.45, 7) is 9.01. The lowest BCUT2D eigenvalue weighted by molar-refractivity contribution is -0.385. The van der Waals surface area contributed by atoms with Crippen molar-refractivity contribution in [3.05, 3.63) is 209 Å². The molecule has 0 saturated carbocycles. The SMILES string of the molecule is CCOC(=O)C1=C(CCC(c2ccccc2)N2CCCC2)N(OC(=O)/C=C/C(=O)ON2C(C)=C(C(=O)OC)C(c3cccc([N+](=O)[O-])c3)C(C(=O)OCC)=C2CCC(c2ccccc2)N2CCCC2)C(C)=C(C(=O)OC)C1c1cccc([N+](=O)[O-])c1. The fraction of sp³-hybridized carbons (Fsp3) is 0.375. The number of likely N-dealkylation sites (tertiary alicyclic amines) is 2. The second-order valence-electron chi connectivity index (χ2n) is 20.9. The second kappa shape index (κ2) is 29.0. The smallest absolute Gasteiger partial charge is 0.356 e. The number of hydrogen-bond donors (Lipinski definition) is 0. The Morgan fingerprint density at radius 2 is 0.884 bits per heavy atom. The minimum absolute atomic E-state index is 0.0156. The number of hydrogen-bond acceptors (Lipinski definition) is 20. The van der Waals surface area contributed by atoms with Gasteiger partial charge in [-0.25, -0.2) is 28.8 Å². The highest BCUT2D eigenvalue weighted by atomic mass is 16.7. The highest BCUT2D eigenvalue weighted by Crippen LogP contribution is 2.48. The lowest BCUT2D eigenvalue weighted by Gasteiger charge is -2.38. The Balaban J connectivity index is 1.22. The molecule has 0 N–H and O–H groups in total. The predicted octanol–water partition coefficient (Wildman–Crippen LogP) is 10.2. The number of carbonyl (C=O) groups is 6. The van der Waals surface area contributed by atoms with Crippen LogP contribution in [-0.4, -0.2) is 119 Å². The van der Waals surface area contributed by atoms with Gasteiger partial charge in [0, 0.05) is 48.5 Å². The van der Waals surface area contributed by atoms with E-state index >= 15 is 0 Å². The Labute approximate surface area is 498 Å². The molecule has 0 spiro atoms. The van der Waals surface area contributed by atoms with Gasteiger partial charge in [-0.15, -0.1) is 0 Å². The van der Waals surface area contributed by atoms with Crippen molar-refractivity contribution < 1.29 is 67.2 Å². The monoisotopic (exact) mass is 1180 g/mol. The number of nitro groups is 2. The van der Waals surface area contributed by atoms with E-state index in [2.05, 4.69) is 9.80 Å². The first kappa shape index (κ1) is 62.8. The van der Waals surface area contributed by atoms with Crippen LogP contribution in [0.15, 0.2) is 166 Å². The molecular formula is C64H70N6O16. The Morgan fingerprint density at radius 3 is 1.21 bits per heavy atom. The van der Waals surface area contributed by atoms with Crippen LogP contribution in [0.2, 0.25) is 0 Å². The lowest BCUT2D eigenvalue weighted by atomic mass is 9.79. The van der Waals surface area contributed by atoms with E-state index in [1.165, 1.54) is 62.4 Å². The molecule has 4 atom stereocenters. The van der Waals surface area contributed by atoms with Crippen molar-refractivity contribution in [2.24, 2.45) is 0 Å². The number of rotatable bonds is 24. The topological polar surface area (TPSA) is 257 Å². The number of hydroxylamine groups is 4. The molecule has 22 heteroatoms. The lowest BCUT2D eigenvalue weighted by Crippen LogP contribution is -2.38. The molecule has 0 amide bonds. The van der Waals surface area contributed by atoms with Crippen molar-refractivity contribution >= 4 is 47.2 Å². The van der Waals surface area contributed by atoms with Crippen molar-refractivity contribution in [2.45, 2.75) is 103 Å². The van der Waals surface area contributed by atoms with Gasteiger partial charge in [0.25, 0.3) is 11.4 Å². The number of allylic oxidation sites excluding steroid dienone is 4. The van der Waals surface area contributed by atoms with Crippen molar-refractivity contribution in [1.29, 1.82) is 0 Å². The van der Waals surface area contributed by atoms with Gasteiger partial charge in [0.2, 0.25) is 0 Å². The van der Waals surface area contributed by atoms with Gasteiger partial charge in [-0.3, -0.25) is 30.0 Å². The van der Waals surface area contributed by atoms with E-state index in [1.54, 1.807) is 13.8 Å². The molecule has 4 aliphatic heterocycles. The maximum absolute atomic E-state index is 14.6. The van der Waals surface area contributed by atoms with Crippen LogP contribution in [-0.2, 0) is 57.4 Å². The number of nitrogens with zero attached hydrogens (tertiary/aromatic N) is 6. The van der Waals surface area contributed by atoms with Crippen molar-refractivity contribution in [2.75, 3.05) is 53.6 Å². The second-order valence-corrected chi connectivity index (χ2v) is 20.9. The summed E-state index contributed by atoms with van der Waals surface area (Å²) in [5.41, 5.74) is 1.07. The van der Waals surface area contributed by atoms with Gasteiger partial charge in [0.05, 0.1) is 94.2 Å². The van der Waals surface area contributed by atoms with Gasteiger partial charge >= 0.3 is 35.8 Å². The van der Waals surface area contributed by atoms with Crippen LogP contribution < -0.4 is 0 Å². The van der Waals surface area contributed by atoms with Crippen molar-refractivity contribution in [1.82, 2.24) is 19.9 Å². The molecule has 0 radical (unpaired) electrons. The fourth-order valence-corrected chi connectivity index (χ4v) is 12.0. The number of ether oxygens (including phenoxy) is 4. The zero-order valence-corrected chi connectivity index (χ0v) is 49.0. The Kier molecular flexibility index (Phi) is 21.2.